The summed E-state index contributed by atoms with van der Waals surface area (Å²) in [6.07, 6.45) is 0. The zero-order valence-electron chi connectivity index (χ0n) is 10.8. The van der Waals surface area contributed by atoms with Crippen LogP contribution in [0.15, 0.2) is 42.5 Å². The first-order chi connectivity index (χ1) is 9.15. The van der Waals surface area contributed by atoms with Crippen LogP contribution in [0.2, 0.25) is 5.02 Å². The second-order valence-electron chi connectivity index (χ2n) is 4.16. The first-order valence-corrected chi connectivity index (χ1v) is 6.29. The van der Waals surface area contributed by atoms with Gasteiger partial charge in [-0.15, -0.1) is 0 Å². The van der Waals surface area contributed by atoms with Crippen LogP contribution in [0.1, 0.15) is 17.2 Å². The molecule has 0 aromatic heterocycles. The van der Waals surface area contributed by atoms with Crippen molar-refractivity contribution in [1.29, 1.82) is 0 Å². The van der Waals surface area contributed by atoms with Crippen LogP contribution in [0.5, 0.6) is 5.75 Å². The van der Waals surface area contributed by atoms with Crippen molar-refractivity contribution in [3.05, 3.63) is 64.4 Å². The standard InChI is InChI=1S/C15H15ClFNO/c1-18-15(10-3-6-12(19-2)7-4-10)13-9-11(16)5-8-14(13)17/h3-9,15,18H,1-2H3. The number of nitrogens with one attached hydrogen (secondary N) is 1. The van der Waals surface area contributed by atoms with E-state index in [1.165, 1.54) is 6.07 Å². The summed E-state index contributed by atoms with van der Waals surface area (Å²) in [5.41, 5.74) is 1.48. The number of benzene rings is 2. The van der Waals surface area contributed by atoms with Gasteiger partial charge >= 0.3 is 0 Å². The fourth-order valence-electron chi connectivity index (χ4n) is 2.03. The van der Waals surface area contributed by atoms with Crippen molar-refractivity contribution < 1.29 is 9.13 Å². The highest BCUT2D eigenvalue weighted by atomic mass is 35.5. The Kier molecular flexibility index (Phi) is 4.40. The van der Waals surface area contributed by atoms with Gasteiger partial charge in [0.1, 0.15) is 11.6 Å². The van der Waals surface area contributed by atoms with E-state index in [0.29, 0.717) is 10.6 Å². The summed E-state index contributed by atoms with van der Waals surface area (Å²) < 4.78 is 19.0. The summed E-state index contributed by atoms with van der Waals surface area (Å²) in [5.74, 6) is 0.490. The van der Waals surface area contributed by atoms with Crippen LogP contribution < -0.4 is 10.1 Å². The highest BCUT2D eigenvalue weighted by Crippen LogP contribution is 2.27. The minimum absolute atomic E-state index is 0.246. The molecule has 0 saturated carbocycles. The molecular formula is C15H15ClFNO. The van der Waals surface area contributed by atoms with E-state index in [2.05, 4.69) is 5.32 Å². The molecule has 0 radical (unpaired) electrons. The molecule has 0 spiro atoms. The normalized spacial score (nSPS) is 12.2. The predicted molar refractivity (Wildman–Crippen MR) is 75.3 cm³/mol. The van der Waals surface area contributed by atoms with Gasteiger partial charge in [0, 0.05) is 10.6 Å². The third kappa shape index (κ3) is 3.06. The van der Waals surface area contributed by atoms with Gasteiger partial charge in [-0.25, -0.2) is 4.39 Å². The molecule has 0 saturated heterocycles. The highest BCUT2D eigenvalue weighted by Gasteiger charge is 2.16. The topological polar surface area (TPSA) is 21.3 Å². The van der Waals surface area contributed by atoms with Gasteiger partial charge in [-0.3, -0.25) is 0 Å². The first-order valence-electron chi connectivity index (χ1n) is 5.92. The van der Waals surface area contributed by atoms with E-state index in [-0.39, 0.29) is 11.9 Å². The Morgan fingerprint density at radius 3 is 2.42 bits per heavy atom. The maximum atomic E-state index is 13.9. The minimum Gasteiger partial charge on any atom is -0.497 e. The number of hydrogen-bond donors (Lipinski definition) is 1. The molecule has 0 amide bonds. The van der Waals surface area contributed by atoms with Crippen LogP contribution in [0.25, 0.3) is 0 Å². The van der Waals surface area contributed by atoms with Crippen molar-refractivity contribution in [1.82, 2.24) is 5.32 Å². The van der Waals surface area contributed by atoms with Gasteiger partial charge < -0.3 is 10.1 Å². The fourth-order valence-corrected chi connectivity index (χ4v) is 2.21. The van der Waals surface area contributed by atoms with E-state index in [1.807, 2.05) is 24.3 Å². The van der Waals surface area contributed by atoms with Crippen LogP contribution in [0, 0.1) is 5.82 Å². The number of hydrogen-bond acceptors (Lipinski definition) is 2. The van der Waals surface area contributed by atoms with Crippen LogP contribution in [-0.4, -0.2) is 14.2 Å². The van der Waals surface area contributed by atoms with E-state index in [1.54, 1.807) is 26.3 Å². The van der Waals surface area contributed by atoms with Crippen molar-refractivity contribution in [3.8, 4) is 5.75 Å². The number of ether oxygens (including phenoxy) is 1. The molecule has 1 atom stereocenters. The summed E-state index contributed by atoms with van der Waals surface area (Å²) in [7, 11) is 3.40. The fraction of sp³-hybridized carbons (Fsp3) is 0.200. The summed E-state index contributed by atoms with van der Waals surface area (Å²) in [6.45, 7) is 0. The van der Waals surface area contributed by atoms with Crippen molar-refractivity contribution in [2.75, 3.05) is 14.2 Å². The second-order valence-corrected chi connectivity index (χ2v) is 4.60. The molecule has 2 nitrogen and oxygen atoms in total. The van der Waals surface area contributed by atoms with Gasteiger partial charge in [-0.1, -0.05) is 23.7 Å². The smallest absolute Gasteiger partial charge is 0.128 e. The van der Waals surface area contributed by atoms with Gasteiger partial charge in [0.25, 0.3) is 0 Å². The number of halogens is 2. The molecule has 1 unspecified atom stereocenters. The third-order valence-corrected chi connectivity index (χ3v) is 3.24. The van der Waals surface area contributed by atoms with Gasteiger partial charge in [0.2, 0.25) is 0 Å². The van der Waals surface area contributed by atoms with E-state index in [4.69, 9.17) is 16.3 Å². The van der Waals surface area contributed by atoms with Gasteiger partial charge in [-0.2, -0.15) is 0 Å². The Balaban J connectivity index is 2.40. The maximum Gasteiger partial charge on any atom is 0.128 e. The zero-order chi connectivity index (χ0) is 13.8. The highest BCUT2D eigenvalue weighted by molar-refractivity contribution is 6.30. The molecule has 19 heavy (non-hydrogen) atoms. The molecule has 2 aromatic carbocycles. The lowest BCUT2D eigenvalue weighted by Crippen LogP contribution is -2.18. The third-order valence-electron chi connectivity index (χ3n) is 3.01. The first kappa shape index (κ1) is 13.8. The molecule has 100 valence electrons. The summed E-state index contributed by atoms with van der Waals surface area (Å²) in [4.78, 5) is 0. The monoisotopic (exact) mass is 279 g/mol. The quantitative estimate of drug-likeness (QED) is 0.919. The van der Waals surface area contributed by atoms with Crippen molar-refractivity contribution in [3.63, 3.8) is 0 Å². The van der Waals surface area contributed by atoms with Gasteiger partial charge in [-0.05, 0) is 42.9 Å². The molecule has 2 aromatic rings. The average molecular weight is 280 g/mol. The van der Waals surface area contributed by atoms with Crippen LogP contribution in [-0.2, 0) is 0 Å². The van der Waals surface area contributed by atoms with E-state index in [0.717, 1.165) is 11.3 Å². The summed E-state index contributed by atoms with van der Waals surface area (Å²) in [5, 5.41) is 3.62. The van der Waals surface area contributed by atoms with E-state index < -0.39 is 0 Å². The van der Waals surface area contributed by atoms with E-state index in [9.17, 15) is 4.39 Å². The molecule has 4 heteroatoms. The Morgan fingerprint density at radius 1 is 1.16 bits per heavy atom. The van der Waals surface area contributed by atoms with Crippen LogP contribution in [0.4, 0.5) is 4.39 Å². The molecule has 1 N–H and O–H groups in total. The Hall–Kier alpha value is -1.58. The Labute approximate surface area is 117 Å². The molecule has 0 bridgehead atoms. The van der Waals surface area contributed by atoms with Crippen molar-refractivity contribution in [2.45, 2.75) is 6.04 Å². The minimum atomic E-state index is -0.278. The lowest BCUT2D eigenvalue weighted by molar-refractivity contribution is 0.414. The molecule has 2 rings (SSSR count). The van der Waals surface area contributed by atoms with Gasteiger partial charge in [0.05, 0.1) is 13.2 Å². The molecule has 0 aliphatic carbocycles. The van der Waals surface area contributed by atoms with Gasteiger partial charge in [0.15, 0.2) is 0 Å². The Bertz CT molecular complexity index is 557. The van der Waals surface area contributed by atoms with Crippen molar-refractivity contribution in [2.24, 2.45) is 0 Å². The molecule has 0 aliphatic rings. The number of rotatable bonds is 4. The molecule has 0 heterocycles. The van der Waals surface area contributed by atoms with Crippen molar-refractivity contribution >= 4 is 11.6 Å². The average Bonchev–Trinajstić information content (AvgIpc) is 2.44. The lowest BCUT2D eigenvalue weighted by atomic mass is 9.98. The SMILES string of the molecule is CNC(c1ccc(OC)cc1)c1cc(Cl)ccc1F. The molecule has 0 aliphatic heterocycles. The van der Waals surface area contributed by atoms with E-state index >= 15 is 0 Å². The predicted octanol–water partition coefficient (Wildman–Crippen LogP) is 3.80. The van der Waals surface area contributed by atoms with Crippen LogP contribution >= 0.6 is 11.6 Å². The molecular weight excluding hydrogens is 265 g/mol. The zero-order valence-corrected chi connectivity index (χ0v) is 11.5. The lowest BCUT2D eigenvalue weighted by Gasteiger charge is -2.18. The summed E-state index contributed by atoms with van der Waals surface area (Å²) in [6, 6.07) is 11.8. The maximum absolute atomic E-state index is 13.9. The summed E-state index contributed by atoms with van der Waals surface area (Å²) >= 11 is 5.94. The molecule has 0 fully saturated rings. The number of methoxy groups -OCH3 is 1. The Morgan fingerprint density at radius 2 is 1.84 bits per heavy atom. The second kappa shape index (κ2) is 6.04. The van der Waals surface area contributed by atoms with Crippen LogP contribution in [0.3, 0.4) is 0 Å². The largest absolute Gasteiger partial charge is 0.497 e.